The summed E-state index contributed by atoms with van der Waals surface area (Å²) < 4.78 is 0. The van der Waals surface area contributed by atoms with Gasteiger partial charge in [0, 0.05) is 24.6 Å². The summed E-state index contributed by atoms with van der Waals surface area (Å²) in [5.74, 6) is 0.636. The van der Waals surface area contributed by atoms with Crippen molar-refractivity contribution in [3.63, 3.8) is 0 Å². The minimum absolute atomic E-state index is 0.211. The zero-order chi connectivity index (χ0) is 16.5. The summed E-state index contributed by atoms with van der Waals surface area (Å²) in [4.78, 5) is 34.1. The third-order valence-corrected chi connectivity index (χ3v) is 2.88. The van der Waals surface area contributed by atoms with E-state index in [1.54, 1.807) is 12.1 Å². The topological polar surface area (TPSA) is 95.5 Å². The smallest absolute Gasteiger partial charge is 0.326 e. The number of carboxylic acid groups (broad SMARTS) is 1. The lowest BCUT2D eigenvalue weighted by molar-refractivity contribution is -0.139. The Bertz CT molecular complexity index is 587. The number of carboxylic acids is 1. The molecule has 0 radical (unpaired) electrons. The third-order valence-electron chi connectivity index (χ3n) is 2.88. The summed E-state index contributed by atoms with van der Waals surface area (Å²) in [6.07, 6.45) is 6.38. The first kappa shape index (κ1) is 17.2. The van der Waals surface area contributed by atoms with E-state index in [0.29, 0.717) is 24.1 Å². The molecule has 0 saturated carbocycles. The number of hydrogen-bond acceptors (Lipinski definition) is 3. The molecule has 0 unspecified atom stereocenters. The van der Waals surface area contributed by atoms with Crippen LogP contribution in [0.1, 0.15) is 36.5 Å². The molecule has 6 nitrogen and oxygen atoms in total. The highest BCUT2D eigenvalue weighted by molar-refractivity contribution is 5.97. The molecule has 116 valence electrons. The van der Waals surface area contributed by atoms with Crippen LogP contribution in [0.25, 0.3) is 0 Å². The SMILES string of the molecule is C#CCCC[C@H](NC(=O)c1ccc(NC(C)=O)cc1)C(=O)O. The number of hydrogen-bond donors (Lipinski definition) is 3. The highest BCUT2D eigenvalue weighted by atomic mass is 16.4. The van der Waals surface area contributed by atoms with Gasteiger partial charge in [0.1, 0.15) is 6.04 Å². The molecule has 1 aromatic rings. The fraction of sp³-hybridized carbons (Fsp3) is 0.312. The molecule has 0 aliphatic rings. The van der Waals surface area contributed by atoms with Crippen molar-refractivity contribution in [3.05, 3.63) is 29.8 Å². The van der Waals surface area contributed by atoms with Gasteiger partial charge in [-0.1, -0.05) is 0 Å². The van der Waals surface area contributed by atoms with Crippen molar-refractivity contribution < 1.29 is 19.5 Å². The Labute approximate surface area is 128 Å². The van der Waals surface area contributed by atoms with Gasteiger partial charge < -0.3 is 15.7 Å². The predicted octanol–water partition coefficient (Wildman–Crippen LogP) is 1.63. The van der Waals surface area contributed by atoms with Crippen LogP contribution >= 0.6 is 0 Å². The summed E-state index contributed by atoms with van der Waals surface area (Å²) in [7, 11) is 0. The minimum Gasteiger partial charge on any atom is -0.480 e. The second kappa shape index (κ2) is 8.47. The lowest BCUT2D eigenvalue weighted by atomic mass is 10.1. The number of amides is 2. The number of benzene rings is 1. The van der Waals surface area contributed by atoms with Gasteiger partial charge in [0.25, 0.3) is 5.91 Å². The van der Waals surface area contributed by atoms with Crippen LogP contribution in [-0.4, -0.2) is 28.9 Å². The maximum atomic E-state index is 12.0. The van der Waals surface area contributed by atoms with Crippen LogP contribution < -0.4 is 10.6 Å². The molecule has 0 heterocycles. The van der Waals surface area contributed by atoms with Gasteiger partial charge in [0.05, 0.1) is 0 Å². The molecule has 0 saturated heterocycles. The summed E-state index contributed by atoms with van der Waals surface area (Å²) >= 11 is 0. The van der Waals surface area contributed by atoms with E-state index in [2.05, 4.69) is 16.6 Å². The Morgan fingerprint density at radius 2 is 1.91 bits per heavy atom. The average Bonchev–Trinajstić information content (AvgIpc) is 2.46. The zero-order valence-corrected chi connectivity index (χ0v) is 12.3. The van der Waals surface area contributed by atoms with E-state index in [9.17, 15) is 14.4 Å². The molecule has 6 heteroatoms. The van der Waals surface area contributed by atoms with Crippen LogP contribution in [0, 0.1) is 12.3 Å². The van der Waals surface area contributed by atoms with Gasteiger partial charge in [-0.15, -0.1) is 12.3 Å². The monoisotopic (exact) mass is 302 g/mol. The van der Waals surface area contributed by atoms with Crippen molar-refractivity contribution in [2.24, 2.45) is 0 Å². The maximum absolute atomic E-state index is 12.0. The molecular formula is C16H18N2O4. The van der Waals surface area contributed by atoms with Gasteiger partial charge in [-0.2, -0.15) is 0 Å². The highest BCUT2D eigenvalue weighted by Gasteiger charge is 2.20. The fourth-order valence-electron chi connectivity index (χ4n) is 1.82. The predicted molar refractivity (Wildman–Crippen MR) is 82.3 cm³/mol. The van der Waals surface area contributed by atoms with E-state index in [1.807, 2.05) is 0 Å². The Morgan fingerprint density at radius 3 is 2.41 bits per heavy atom. The van der Waals surface area contributed by atoms with E-state index in [4.69, 9.17) is 11.5 Å². The van der Waals surface area contributed by atoms with Crippen LogP contribution in [0.2, 0.25) is 0 Å². The minimum atomic E-state index is -1.10. The van der Waals surface area contributed by atoms with Crippen molar-refractivity contribution in [2.75, 3.05) is 5.32 Å². The summed E-state index contributed by atoms with van der Waals surface area (Å²) in [6, 6.07) is 5.20. The molecule has 0 bridgehead atoms. The Morgan fingerprint density at radius 1 is 1.27 bits per heavy atom. The van der Waals surface area contributed by atoms with E-state index in [0.717, 1.165) is 0 Å². The highest BCUT2D eigenvalue weighted by Crippen LogP contribution is 2.10. The lowest BCUT2D eigenvalue weighted by Gasteiger charge is -2.14. The first-order chi connectivity index (χ1) is 10.4. The molecular weight excluding hydrogens is 284 g/mol. The van der Waals surface area contributed by atoms with E-state index in [-0.39, 0.29) is 12.3 Å². The average molecular weight is 302 g/mol. The first-order valence-corrected chi connectivity index (χ1v) is 6.79. The van der Waals surface area contributed by atoms with Crippen LogP contribution in [0.5, 0.6) is 0 Å². The molecule has 22 heavy (non-hydrogen) atoms. The van der Waals surface area contributed by atoms with Crippen molar-refractivity contribution in [3.8, 4) is 12.3 Å². The molecule has 0 aliphatic carbocycles. The fourth-order valence-corrected chi connectivity index (χ4v) is 1.82. The first-order valence-electron chi connectivity index (χ1n) is 6.79. The Balaban J connectivity index is 2.67. The van der Waals surface area contributed by atoms with Gasteiger partial charge in [-0.25, -0.2) is 4.79 Å². The van der Waals surface area contributed by atoms with Gasteiger partial charge in [-0.3, -0.25) is 9.59 Å². The number of aliphatic carboxylic acids is 1. The summed E-state index contributed by atoms with van der Waals surface area (Å²) in [5, 5.41) is 14.1. The van der Waals surface area contributed by atoms with Crippen molar-refractivity contribution in [2.45, 2.75) is 32.2 Å². The van der Waals surface area contributed by atoms with E-state index in [1.165, 1.54) is 19.1 Å². The molecule has 1 atom stereocenters. The molecule has 3 N–H and O–H groups in total. The number of nitrogens with one attached hydrogen (secondary N) is 2. The molecule has 1 rings (SSSR count). The van der Waals surface area contributed by atoms with E-state index >= 15 is 0 Å². The number of carbonyl (C=O) groups is 3. The van der Waals surface area contributed by atoms with Crippen LogP contribution in [0.4, 0.5) is 5.69 Å². The van der Waals surface area contributed by atoms with Crippen molar-refractivity contribution in [1.82, 2.24) is 5.32 Å². The van der Waals surface area contributed by atoms with Gasteiger partial charge in [0.15, 0.2) is 0 Å². The normalized spacial score (nSPS) is 11.1. The Kier molecular flexibility index (Phi) is 6.64. The van der Waals surface area contributed by atoms with Gasteiger partial charge >= 0.3 is 5.97 Å². The molecule has 0 fully saturated rings. The lowest BCUT2D eigenvalue weighted by Crippen LogP contribution is -2.40. The van der Waals surface area contributed by atoms with Crippen molar-refractivity contribution >= 4 is 23.5 Å². The molecule has 0 aromatic heterocycles. The molecule has 0 spiro atoms. The zero-order valence-electron chi connectivity index (χ0n) is 12.3. The molecule has 2 amide bonds. The summed E-state index contributed by atoms with van der Waals surface area (Å²) in [5.41, 5.74) is 0.880. The standard InChI is InChI=1S/C16H18N2O4/c1-3-4-5-6-14(16(21)22)18-15(20)12-7-9-13(10-8-12)17-11(2)19/h1,7-10,14H,4-6H2,2H3,(H,17,19)(H,18,20)(H,21,22)/t14-/m0/s1. The number of carbonyl (C=O) groups excluding carboxylic acids is 2. The van der Waals surface area contributed by atoms with E-state index < -0.39 is 17.9 Å². The molecule has 0 aliphatic heterocycles. The second-order valence-corrected chi connectivity index (χ2v) is 4.72. The number of unbranched alkanes of at least 4 members (excludes halogenated alkanes) is 1. The van der Waals surface area contributed by atoms with Gasteiger partial charge in [0.2, 0.25) is 5.91 Å². The van der Waals surface area contributed by atoms with Crippen LogP contribution in [0.3, 0.4) is 0 Å². The quantitative estimate of drug-likeness (QED) is 0.527. The maximum Gasteiger partial charge on any atom is 0.326 e. The number of terminal acetylenes is 1. The Hall–Kier alpha value is -2.81. The summed E-state index contributed by atoms with van der Waals surface area (Å²) in [6.45, 7) is 1.38. The number of rotatable bonds is 7. The second-order valence-electron chi connectivity index (χ2n) is 4.72. The van der Waals surface area contributed by atoms with Crippen LogP contribution in [-0.2, 0) is 9.59 Å². The van der Waals surface area contributed by atoms with Gasteiger partial charge in [-0.05, 0) is 37.1 Å². The largest absolute Gasteiger partial charge is 0.480 e. The van der Waals surface area contributed by atoms with Crippen molar-refractivity contribution in [1.29, 1.82) is 0 Å². The molecule has 1 aromatic carbocycles. The van der Waals surface area contributed by atoms with Crippen LogP contribution in [0.15, 0.2) is 24.3 Å². The third kappa shape index (κ3) is 5.67. The number of anilines is 1.